The highest BCUT2D eigenvalue weighted by Crippen LogP contribution is 2.59. The van der Waals surface area contributed by atoms with Crippen LogP contribution in [0.2, 0.25) is 0 Å². The zero-order valence-corrected chi connectivity index (χ0v) is 24.8. The van der Waals surface area contributed by atoms with Crippen LogP contribution in [-0.4, -0.2) is 69.4 Å². The molecular formula is C33H43N3O6. The minimum absolute atomic E-state index is 0. The average Bonchev–Trinajstić information content (AvgIpc) is 3.46. The molecule has 2 aromatic carbocycles. The Balaban J connectivity index is 0.00000353. The van der Waals surface area contributed by atoms with Crippen LogP contribution in [0, 0.1) is 25.2 Å². The molecule has 42 heavy (non-hydrogen) atoms. The summed E-state index contributed by atoms with van der Waals surface area (Å²) in [5.41, 5.74) is 6.46. The van der Waals surface area contributed by atoms with E-state index in [9.17, 15) is 5.26 Å². The lowest BCUT2D eigenvalue weighted by molar-refractivity contribution is -0.0745. The summed E-state index contributed by atoms with van der Waals surface area (Å²) in [6.45, 7) is 10.8. The van der Waals surface area contributed by atoms with Gasteiger partial charge >= 0.3 is 0 Å². The molecule has 4 aliphatic heterocycles. The Morgan fingerprint density at radius 3 is 2.50 bits per heavy atom. The van der Waals surface area contributed by atoms with Gasteiger partial charge in [-0.15, -0.1) is 0 Å². The number of likely N-dealkylation sites (N-methyl/N-ethyl adjacent to an activating group) is 1. The fourth-order valence-corrected chi connectivity index (χ4v) is 7.81. The Bertz CT molecular complexity index is 1420. The van der Waals surface area contributed by atoms with Crippen molar-refractivity contribution < 1.29 is 28.4 Å². The normalized spacial score (nSPS) is 25.3. The highest BCUT2D eigenvalue weighted by atomic mass is 16.7. The minimum Gasteiger partial charge on any atom is -0.493 e. The fourth-order valence-electron chi connectivity index (χ4n) is 7.81. The van der Waals surface area contributed by atoms with E-state index in [1.165, 1.54) is 5.56 Å². The largest absolute Gasteiger partial charge is 0.493 e. The van der Waals surface area contributed by atoms with Crippen LogP contribution in [-0.2, 0) is 17.6 Å². The highest BCUT2D eigenvalue weighted by molar-refractivity contribution is 5.66. The maximum Gasteiger partial charge on any atom is 0.231 e. The van der Waals surface area contributed by atoms with Crippen molar-refractivity contribution in [2.75, 3.05) is 41.5 Å². The Hall–Kier alpha value is -3.45. The Kier molecular flexibility index (Phi) is 8.35. The van der Waals surface area contributed by atoms with Gasteiger partial charge in [0, 0.05) is 47.5 Å². The van der Waals surface area contributed by atoms with Crippen LogP contribution in [0.15, 0.2) is 18.7 Å². The molecule has 226 valence electrons. The van der Waals surface area contributed by atoms with E-state index in [0.717, 1.165) is 69.4 Å². The van der Waals surface area contributed by atoms with Gasteiger partial charge in [0.1, 0.15) is 18.4 Å². The molecule has 9 heteroatoms. The van der Waals surface area contributed by atoms with Gasteiger partial charge in [0.15, 0.2) is 29.8 Å². The number of fused-ring (bicyclic) bond motifs is 9. The number of nitriles is 1. The van der Waals surface area contributed by atoms with Crippen LogP contribution in [0.5, 0.6) is 28.7 Å². The summed E-state index contributed by atoms with van der Waals surface area (Å²) in [5, 5.41) is 10.7. The van der Waals surface area contributed by atoms with Gasteiger partial charge in [-0.1, -0.05) is 33.1 Å². The monoisotopic (exact) mass is 577 g/mol. The van der Waals surface area contributed by atoms with Crippen molar-refractivity contribution in [2.45, 2.75) is 77.7 Å². The number of hydrogen-bond donors (Lipinski definition) is 0. The zero-order chi connectivity index (χ0) is 29.0. The molecule has 0 radical (unpaired) electrons. The first-order chi connectivity index (χ1) is 19.9. The molecule has 4 aliphatic rings. The number of methoxy groups -OCH3 is 2. The van der Waals surface area contributed by atoms with Crippen LogP contribution in [0.1, 0.15) is 66.2 Å². The van der Waals surface area contributed by atoms with Gasteiger partial charge in [-0.25, -0.2) is 0 Å². The van der Waals surface area contributed by atoms with Crippen molar-refractivity contribution in [3.63, 3.8) is 0 Å². The van der Waals surface area contributed by atoms with Gasteiger partial charge in [0.2, 0.25) is 6.79 Å². The smallest absolute Gasteiger partial charge is 0.231 e. The van der Waals surface area contributed by atoms with E-state index in [1.807, 2.05) is 13.8 Å². The average molecular weight is 578 g/mol. The van der Waals surface area contributed by atoms with Gasteiger partial charge in [0.05, 0.1) is 19.2 Å². The second kappa shape index (κ2) is 11.7. The van der Waals surface area contributed by atoms with Gasteiger partial charge in [0.25, 0.3) is 0 Å². The number of nitrogens with zero attached hydrogens (tertiary/aromatic N) is 3. The molecule has 0 amide bonds. The number of ether oxygens (including phenoxy) is 6. The van der Waals surface area contributed by atoms with E-state index in [-0.39, 0.29) is 51.2 Å². The van der Waals surface area contributed by atoms with Crippen LogP contribution >= 0.6 is 0 Å². The summed E-state index contributed by atoms with van der Waals surface area (Å²) in [5.74, 6) is 3.80. The Morgan fingerprint density at radius 1 is 1.07 bits per heavy atom. The van der Waals surface area contributed by atoms with Crippen molar-refractivity contribution in [3.8, 4) is 34.8 Å². The summed E-state index contributed by atoms with van der Waals surface area (Å²) < 4.78 is 36.0. The minimum atomic E-state index is -0.310. The van der Waals surface area contributed by atoms with Gasteiger partial charge in [-0.05, 0) is 51.3 Å². The molecule has 1 saturated heterocycles. The molecule has 0 aliphatic carbocycles. The first-order valence-electron chi connectivity index (χ1n) is 14.3. The molecule has 1 fully saturated rings. The number of rotatable bonds is 8. The molecule has 0 unspecified atom stereocenters. The van der Waals surface area contributed by atoms with Crippen molar-refractivity contribution in [3.05, 3.63) is 52.1 Å². The topological polar surface area (TPSA) is 85.7 Å². The van der Waals surface area contributed by atoms with Crippen molar-refractivity contribution in [1.82, 2.24) is 9.80 Å². The van der Waals surface area contributed by atoms with E-state index < -0.39 is 0 Å². The van der Waals surface area contributed by atoms with Crippen LogP contribution < -0.4 is 23.7 Å². The van der Waals surface area contributed by atoms with E-state index in [0.29, 0.717) is 13.0 Å². The van der Waals surface area contributed by atoms with E-state index in [4.69, 9.17) is 28.4 Å². The van der Waals surface area contributed by atoms with Gasteiger partial charge in [-0.2, -0.15) is 5.26 Å². The second-order valence-electron chi connectivity index (χ2n) is 11.3. The summed E-state index contributed by atoms with van der Waals surface area (Å²) in [7, 11) is 5.45. The Labute approximate surface area is 249 Å². The molecule has 0 saturated carbocycles. The first-order valence-corrected chi connectivity index (χ1v) is 14.3. The van der Waals surface area contributed by atoms with Crippen LogP contribution in [0.4, 0.5) is 0 Å². The SMILES string of the molecule is C.C=CCOc1c(C)c2c(c3c1C[C@H]1[C@H]4c5c(cc(C)c(OC)c5OCOC)C[C@@H]([C@H](C#N)N1[C@H]3CC)N4C)OCO2. The lowest BCUT2D eigenvalue weighted by Crippen LogP contribution is -2.68. The number of aryl methyl sites for hydroxylation is 1. The summed E-state index contributed by atoms with van der Waals surface area (Å²) in [6.07, 6.45) is 3.98. The highest BCUT2D eigenvalue weighted by Gasteiger charge is 2.56. The van der Waals surface area contributed by atoms with Gasteiger partial charge in [-0.3, -0.25) is 9.80 Å². The van der Waals surface area contributed by atoms with E-state index in [1.54, 1.807) is 20.3 Å². The Morgan fingerprint density at radius 2 is 1.83 bits per heavy atom. The van der Waals surface area contributed by atoms with Gasteiger partial charge < -0.3 is 28.4 Å². The molecule has 4 heterocycles. The molecule has 0 N–H and O–H groups in total. The molecule has 0 aromatic heterocycles. The molecule has 9 nitrogen and oxygen atoms in total. The van der Waals surface area contributed by atoms with E-state index in [2.05, 4.69) is 42.5 Å². The molecular weight excluding hydrogens is 534 g/mol. The molecule has 2 aromatic rings. The fraction of sp³-hybridized carbons (Fsp3) is 0.545. The molecule has 2 bridgehead atoms. The summed E-state index contributed by atoms with van der Waals surface area (Å²) in [4.78, 5) is 4.83. The number of piperazine rings is 1. The maximum atomic E-state index is 10.7. The van der Waals surface area contributed by atoms with Crippen molar-refractivity contribution in [1.29, 1.82) is 5.26 Å². The zero-order valence-electron chi connectivity index (χ0n) is 24.8. The third kappa shape index (κ3) is 4.23. The van der Waals surface area contributed by atoms with Crippen molar-refractivity contribution in [2.24, 2.45) is 0 Å². The molecule has 5 atom stereocenters. The lowest BCUT2D eigenvalue weighted by Gasteiger charge is -2.60. The number of hydrogen-bond acceptors (Lipinski definition) is 9. The predicted octanol–water partition coefficient (Wildman–Crippen LogP) is 5.41. The second-order valence-corrected chi connectivity index (χ2v) is 11.3. The van der Waals surface area contributed by atoms with Crippen LogP contribution in [0.25, 0.3) is 0 Å². The van der Waals surface area contributed by atoms with Crippen LogP contribution in [0.3, 0.4) is 0 Å². The standard InChI is InChI=1S/C32H39N3O6.CH4/c1-8-10-38-29-18(4)30-32(41-16-40-30)26-20(29)13-23-27-25-19(11-17(3)28(37-7)31(25)39-15-36-6)12-22(34(27)5)24(14-33)35(23)21(26)9-2;/h8,11,21-24,27H,1,9-10,12-13,15-16H2,2-7H3;1H4/t21-,22-,23-,24-,27-;/m0./s1. The third-order valence-corrected chi connectivity index (χ3v) is 9.30. The number of benzene rings is 2. The summed E-state index contributed by atoms with van der Waals surface area (Å²) in [6, 6.07) is 4.51. The quantitative estimate of drug-likeness (QED) is 0.302. The molecule has 6 rings (SSSR count). The lowest BCUT2D eigenvalue weighted by atomic mass is 9.71. The first kappa shape index (κ1) is 30.0. The third-order valence-electron chi connectivity index (χ3n) is 9.30. The summed E-state index contributed by atoms with van der Waals surface area (Å²) >= 11 is 0. The molecule has 0 spiro atoms. The predicted molar refractivity (Wildman–Crippen MR) is 160 cm³/mol. The van der Waals surface area contributed by atoms with Crippen molar-refractivity contribution >= 4 is 0 Å². The van der Waals surface area contributed by atoms with E-state index >= 15 is 0 Å². The maximum absolute atomic E-state index is 10.7.